The molecule has 0 aromatic heterocycles. The van der Waals surface area contributed by atoms with Gasteiger partial charge in [-0.15, -0.1) is 0 Å². The van der Waals surface area contributed by atoms with Crippen molar-refractivity contribution in [2.45, 2.75) is 51.4 Å². The molecule has 0 fully saturated rings. The molecule has 118 valence electrons. The van der Waals surface area contributed by atoms with Crippen LogP contribution < -0.4 is 0 Å². The predicted octanol–water partition coefficient (Wildman–Crippen LogP) is 2.07. The number of hydrogen-bond donors (Lipinski definition) is 3. The van der Waals surface area contributed by atoms with Gasteiger partial charge in [0.05, 0.1) is 18.3 Å². The van der Waals surface area contributed by atoms with Gasteiger partial charge in [-0.1, -0.05) is 48.6 Å². The molecule has 0 saturated heterocycles. The lowest BCUT2D eigenvalue weighted by molar-refractivity contribution is -0.117. The summed E-state index contributed by atoms with van der Waals surface area (Å²) in [7, 11) is 0. The summed E-state index contributed by atoms with van der Waals surface area (Å²) in [6, 6.07) is 0. The van der Waals surface area contributed by atoms with E-state index in [1.807, 2.05) is 0 Å². The van der Waals surface area contributed by atoms with E-state index in [2.05, 4.69) is 0 Å². The van der Waals surface area contributed by atoms with Crippen molar-refractivity contribution in [3.8, 4) is 0 Å². The minimum absolute atomic E-state index is 0.0894. The average molecular weight is 294 g/mol. The monoisotopic (exact) mass is 294 g/mol. The summed E-state index contributed by atoms with van der Waals surface area (Å²) in [5.74, 6) is 0.0894. The van der Waals surface area contributed by atoms with Gasteiger partial charge in [-0.2, -0.15) is 0 Å². The maximum atomic E-state index is 10.8. The van der Waals surface area contributed by atoms with Crippen LogP contribution in [0.25, 0.3) is 0 Å². The van der Waals surface area contributed by atoms with E-state index in [-0.39, 0.29) is 5.78 Å². The van der Waals surface area contributed by atoms with Gasteiger partial charge < -0.3 is 20.1 Å². The molecule has 0 bridgehead atoms. The van der Waals surface area contributed by atoms with Crippen LogP contribution in [0.2, 0.25) is 0 Å². The van der Waals surface area contributed by atoms with E-state index in [1.54, 1.807) is 49.5 Å². The van der Waals surface area contributed by atoms with Gasteiger partial charge in [0.1, 0.15) is 5.78 Å². The number of carbonyl (C=O) groups excluding carboxylic acids is 1. The van der Waals surface area contributed by atoms with Gasteiger partial charge in [0.15, 0.2) is 0 Å². The molecule has 0 rings (SSSR count). The van der Waals surface area contributed by atoms with Gasteiger partial charge in [0.25, 0.3) is 0 Å². The molecule has 4 nitrogen and oxygen atoms in total. The number of rotatable bonds is 10. The maximum Gasteiger partial charge on any atom is 0.129 e. The summed E-state index contributed by atoms with van der Waals surface area (Å²) in [4.78, 5) is 10.8. The highest BCUT2D eigenvalue weighted by Crippen LogP contribution is 2.06. The van der Waals surface area contributed by atoms with Crippen LogP contribution in [0.1, 0.15) is 33.1 Å². The van der Waals surface area contributed by atoms with Crippen molar-refractivity contribution in [1.29, 1.82) is 0 Å². The summed E-state index contributed by atoms with van der Waals surface area (Å²) in [5, 5.41) is 28.3. The highest BCUT2D eigenvalue weighted by atomic mass is 16.3. The number of hydrogen-bond acceptors (Lipinski definition) is 4. The lowest BCUT2D eigenvalue weighted by Gasteiger charge is -2.13. The Morgan fingerprint density at radius 2 is 1.48 bits per heavy atom. The summed E-state index contributed by atoms with van der Waals surface area (Å²) >= 11 is 0. The van der Waals surface area contributed by atoms with Crippen LogP contribution in [-0.4, -0.2) is 39.4 Å². The smallest absolute Gasteiger partial charge is 0.129 e. The Hall–Kier alpha value is -1.49. The minimum atomic E-state index is -0.930. The van der Waals surface area contributed by atoms with Crippen LogP contribution >= 0.6 is 0 Å². The Labute approximate surface area is 126 Å². The topological polar surface area (TPSA) is 77.8 Å². The SMILES string of the molecule is CC(=O)CCC[C@H](O)[C@H](O)/C=C/C=C/C=C\C=C\C(C)O. The van der Waals surface area contributed by atoms with E-state index in [1.165, 1.54) is 13.0 Å². The first kappa shape index (κ1) is 19.5. The fourth-order valence-corrected chi connectivity index (χ4v) is 1.52. The number of Topliss-reactive ketones (excluding diaryl/α,β-unsaturated/α-hetero) is 1. The highest BCUT2D eigenvalue weighted by molar-refractivity contribution is 5.75. The number of aliphatic hydroxyl groups excluding tert-OH is 3. The van der Waals surface area contributed by atoms with E-state index in [4.69, 9.17) is 5.11 Å². The largest absolute Gasteiger partial charge is 0.390 e. The lowest BCUT2D eigenvalue weighted by atomic mass is 10.1. The summed E-state index contributed by atoms with van der Waals surface area (Å²) in [6.07, 6.45) is 12.8. The molecule has 0 radical (unpaired) electrons. The van der Waals surface area contributed by atoms with Gasteiger partial charge >= 0.3 is 0 Å². The zero-order valence-corrected chi connectivity index (χ0v) is 12.7. The fraction of sp³-hybridized carbons (Fsp3) is 0.471. The van der Waals surface area contributed by atoms with Gasteiger partial charge in [0.2, 0.25) is 0 Å². The maximum absolute atomic E-state index is 10.8. The first-order valence-corrected chi connectivity index (χ1v) is 7.15. The summed E-state index contributed by atoms with van der Waals surface area (Å²) < 4.78 is 0. The molecule has 4 heteroatoms. The Balaban J connectivity index is 3.97. The quantitative estimate of drug-likeness (QED) is 0.539. The predicted molar refractivity (Wildman–Crippen MR) is 84.8 cm³/mol. The van der Waals surface area contributed by atoms with Gasteiger partial charge in [0, 0.05) is 6.42 Å². The third kappa shape index (κ3) is 13.3. The highest BCUT2D eigenvalue weighted by Gasteiger charge is 2.12. The zero-order valence-electron chi connectivity index (χ0n) is 12.7. The van der Waals surface area contributed by atoms with Crippen molar-refractivity contribution >= 4 is 5.78 Å². The van der Waals surface area contributed by atoms with E-state index in [0.29, 0.717) is 19.3 Å². The fourth-order valence-electron chi connectivity index (χ4n) is 1.52. The van der Waals surface area contributed by atoms with Crippen LogP contribution in [0, 0.1) is 0 Å². The van der Waals surface area contributed by atoms with Crippen LogP contribution in [0.5, 0.6) is 0 Å². The molecule has 0 aliphatic carbocycles. The summed E-state index contributed by atoms with van der Waals surface area (Å²) in [6.45, 7) is 3.18. The average Bonchev–Trinajstić information content (AvgIpc) is 2.40. The van der Waals surface area contributed by atoms with Crippen molar-refractivity contribution in [2.24, 2.45) is 0 Å². The van der Waals surface area contributed by atoms with Crippen molar-refractivity contribution in [2.75, 3.05) is 0 Å². The minimum Gasteiger partial charge on any atom is -0.390 e. The molecule has 0 aromatic carbocycles. The molecule has 0 aliphatic rings. The number of carbonyl (C=O) groups is 1. The third-order valence-electron chi connectivity index (χ3n) is 2.68. The van der Waals surface area contributed by atoms with Crippen LogP contribution in [0.4, 0.5) is 0 Å². The molecule has 3 atom stereocenters. The Morgan fingerprint density at radius 3 is 2.00 bits per heavy atom. The molecule has 0 amide bonds. The van der Waals surface area contributed by atoms with Gasteiger partial charge in [-0.3, -0.25) is 0 Å². The molecule has 1 unspecified atom stereocenters. The number of aliphatic hydroxyl groups is 3. The van der Waals surface area contributed by atoms with E-state index in [9.17, 15) is 15.0 Å². The second-order valence-corrected chi connectivity index (χ2v) is 4.93. The van der Waals surface area contributed by atoms with Crippen molar-refractivity contribution in [3.63, 3.8) is 0 Å². The first-order valence-electron chi connectivity index (χ1n) is 7.15. The molecule has 0 spiro atoms. The Morgan fingerprint density at radius 1 is 0.952 bits per heavy atom. The van der Waals surface area contributed by atoms with Crippen LogP contribution in [-0.2, 0) is 4.79 Å². The van der Waals surface area contributed by atoms with Crippen molar-refractivity contribution < 1.29 is 20.1 Å². The second-order valence-electron chi connectivity index (χ2n) is 4.93. The molecule has 3 N–H and O–H groups in total. The van der Waals surface area contributed by atoms with Crippen LogP contribution in [0.3, 0.4) is 0 Å². The molecule has 0 aromatic rings. The molecule has 0 aliphatic heterocycles. The number of ketones is 1. The lowest BCUT2D eigenvalue weighted by Crippen LogP contribution is -2.23. The van der Waals surface area contributed by atoms with Crippen LogP contribution in [0.15, 0.2) is 48.6 Å². The van der Waals surface area contributed by atoms with Crippen molar-refractivity contribution in [1.82, 2.24) is 0 Å². The molecular weight excluding hydrogens is 268 g/mol. The summed E-state index contributed by atoms with van der Waals surface area (Å²) in [5.41, 5.74) is 0. The van der Waals surface area contributed by atoms with E-state index in [0.717, 1.165) is 0 Å². The Kier molecular flexibility index (Phi) is 11.4. The second kappa shape index (κ2) is 12.3. The molecule has 0 heterocycles. The van der Waals surface area contributed by atoms with E-state index < -0.39 is 18.3 Å². The van der Waals surface area contributed by atoms with Gasteiger partial charge in [-0.05, 0) is 26.7 Å². The molecular formula is C17H26O4. The zero-order chi connectivity index (χ0) is 16.1. The standard InChI is InChI=1S/C17H26O4/c1-14(18)10-7-5-3-4-6-8-12-16(20)17(21)13-9-11-15(2)19/h3-8,10,12,14,16-18,20-21H,9,11,13H2,1-2H3/b5-3-,6-4+,10-7+,12-8+/t14?,16-,17+/m1/s1. The Bertz CT molecular complexity index is 392. The van der Waals surface area contributed by atoms with Crippen molar-refractivity contribution in [3.05, 3.63) is 48.6 Å². The molecule has 0 saturated carbocycles. The normalized spacial score (nSPS) is 17.2. The third-order valence-corrected chi connectivity index (χ3v) is 2.68. The van der Waals surface area contributed by atoms with Gasteiger partial charge in [-0.25, -0.2) is 0 Å². The van der Waals surface area contributed by atoms with E-state index >= 15 is 0 Å². The first-order chi connectivity index (χ1) is 9.93. The molecule has 21 heavy (non-hydrogen) atoms. The number of allylic oxidation sites excluding steroid dienone is 6.